The summed E-state index contributed by atoms with van der Waals surface area (Å²) in [6, 6.07) is 17.0. The Labute approximate surface area is 153 Å². The van der Waals surface area contributed by atoms with Crippen LogP contribution in [0.3, 0.4) is 0 Å². The van der Waals surface area contributed by atoms with Crippen LogP contribution < -0.4 is 4.90 Å². The van der Waals surface area contributed by atoms with Crippen molar-refractivity contribution in [1.29, 1.82) is 0 Å². The topological polar surface area (TPSA) is 53.8 Å². The summed E-state index contributed by atoms with van der Waals surface area (Å²) < 4.78 is 5.72. The van der Waals surface area contributed by atoms with Crippen molar-refractivity contribution in [3.63, 3.8) is 0 Å². The molecule has 2 amide bonds. The lowest BCUT2D eigenvalue weighted by Gasteiger charge is -2.22. The molecule has 0 aliphatic carbocycles. The highest BCUT2D eigenvalue weighted by Gasteiger charge is 2.20. The van der Waals surface area contributed by atoms with Crippen LogP contribution in [0.1, 0.15) is 10.6 Å². The van der Waals surface area contributed by atoms with E-state index in [0.29, 0.717) is 4.67 Å². The highest BCUT2D eigenvalue weighted by Crippen LogP contribution is 2.21. The molecular formula is C19H17BrN2O3. The van der Waals surface area contributed by atoms with E-state index in [1.807, 2.05) is 42.5 Å². The molecule has 5 nitrogen and oxygen atoms in total. The van der Waals surface area contributed by atoms with Gasteiger partial charge in [0.15, 0.2) is 10.4 Å². The van der Waals surface area contributed by atoms with Crippen LogP contribution in [0.5, 0.6) is 0 Å². The minimum atomic E-state index is -0.342. The molecule has 0 bridgehead atoms. The van der Waals surface area contributed by atoms with Gasteiger partial charge in [0.2, 0.25) is 5.91 Å². The molecule has 25 heavy (non-hydrogen) atoms. The molecule has 128 valence electrons. The number of benzene rings is 2. The van der Waals surface area contributed by atoms with E-state index in [0.717, 1.165) is 16.5 Å². The third-order valence-corrected chi connectivity index (χ3v) is 4.42. The summed E-state index contributed by atoms with van der Waals surface area (Å²) >= 11 is 3.16. The molecule has 0 radical (unpaired) electrons. The van der Waals surface area contributed by atoms with Crippen molar-refractivity contribution in [2.24, 2.45) is 0 Å². The number of carbonyl (C=O) groups is 2. The Morgan fingerprint density at radius 3 is 2.40 bits per heavy atom. The lowest BCUT2D eigenvalue weighted by atomic mass is 10.1. The Hall–Kier alpha value is -2.60. The van der Waals surface area contributed by atoms with Gasteiger partial charge >= 0.3 is 0 Å². The molecule has 0 atom stereocenters. The third-order valence-electron chi connectivity index (χ3n) is 4.00. The average molecular weight is 401 g/mol. The minimum Gasteiger partial charge on any atom is -0.444 e. The van der Waals surface area contributed by atoms with Gasteiger partial charge in [0.25, 0.3) is 5.91 Å². The van der Waals surface area contributed by atoms with Gasteiger partial charge in [-0.1, -0.05) is 30.3 Å². The van der Waals surface area contributed by atoms with E-state index in [1.54, 1.807) is 31.1 Å². The van der Waals surface area contributed by atoms with Gasteiger partial charge in [-0.25, -0.2) is 0 Å². The maximum Gasteiger partial charge on any atom is 0.289 e. The monoisotopic (exact) mass is 400 g/mol. The van der Waals surface area contributed by atoms with Gasteiger partial charge in [-0.05, 0) is 51.0 Å². The van der Waals surface area contributed by atoms with Gasteiger partial charge in [-0.2, -0.15) is 0 Å². The number of rotatable bonds is 4. The maximum atomic E-state index is 12.5. The van der Waals surface area contributed by atoms with Crippen LogP contribution >= 0.6 is 15.9 Å². The second kappa shape index (κ2) is 7.11. The van der Waals surface area contributed by atoms with E-state index in [4.69, 9.17) is 4.42 Å². The first-order valence-corrected chi connectivity index (χ1v) is 8.51. The summed E-state index contributed by atoms with van der Waals surface area (Å²) in [7, 11) is 3.28. The van der Waals surface area contributed by atoms with Crippen LogP contribution in [0, 0.1) is 0 Å². The Morgan fingerprint density at radius 1 is 1.00 bits per heavy atom. The summed E-state index contributed by atoms with van der Waals surface area (Å²) in [6.07, 6.45) is 0. The van der Waals surface area contributed by atoms with Gasteiger partial charge in [0.05, 0.1) is 0 Å². The van der Waals surface area contributed by atoms with Gasteiger partial charge in [0, 0.05) is 19.8 Å². The van der Waals surface area contributed by atoms with E-state index in [1.165, 1.54) is 4.90 Å². The van der Waals surface area contributed by atoms with Crippen LogP contribution in [-0.4, -0.2) is 37.4 Å². The van der Waals surface area contributed by atoms with Crippen molar-refractivity contribution in [3.8, 4) is 0 Å². The molecule has 0 aliphatic heterocycles. The highest BCUT2D eigenvalue weighted by atomic mass is 79.9. The summed E-state index contributed by atoms with van der Waals surface area (Å²) in [5, 5.41) is 2.17. The first-order valence-electron chi connectivity index (χ1n) is 7.72. The van der Waals surface area contributed by atoms with Crippen LogP contribution in [-0.2, 0) is 4.79 Å². The number of halogens is 1. The molecule has 0 saturated heterocycles. The number of hydrogen-bond donors (Lipinski definition) is 0. The van der Waals surface area contributed by atoms with E-state index in [2.05, 4.69) is 15.9 Å². The smallest absolute Gasteiger partial charge is 0.289 e. The molecule has 6 heteroatoms. The highest BCUT2D eigenvalue weighted by molar-refractivity contribution is 9.10. The van der Waals surface area contributed by atoms with Crippen molar-refractivity contribution in [2.45, 2.75) is 0 Å². The normalized spacial score (nSPS) is 10.7. The summed E-state index contributed by atoms with van der Waals surface area (Å²) in [6.45, 7) is -0.0412. The number of carbonyl (C=O) groups excluding carboxylic acids is 2. The minimum absolute atomic E-state index is 0.0412. The van der Waals surface area contributed by atoms with Crippen LogP contribution in [0.15, 0.2) is 63.7 Å². The molecule has 0 aliphatic rings. The summed E-state index contributed by atoms with van der Waals surface area (Å²) in [5.74, 6) is -0.335. The van der Waals surface area contributed by atoms with E-state index >= 15 is 0 Å². The molecule has 2 aromatic carbocycles. The molecular weight excluding hydrogens is 384 g/mol. The Kier molecular flexibility index (Phi) is 4.90. The number of hydrogen-bond acceptors (Lipinski definition) is 3. The predicted octanol–water partition coefficient (Wildman–Crippen LogP) is 3.93. The second-order valence-electron chi connectivity index (χ2n) is 5.75. The molecule has 1 heterocycles. The number of likely N-dealkylation sites (N-methyl/N-ethyl adjacent to an activating group) is 2. The maximum absolute atomic E-state index is 12.5. The average Bonchev–Trinajstić information content (AvgIpc) is 3.06. The summed E-state index contributed by atoms with van der Waals surface area (Å²) in [5.41, 5.74) is 0.783. The van der Waals surface area contributed by atoms with Gasteiger partial charge in [0.1, 0.15) is 6.54 Å². The van der Waals surface area contributed by atoms with E-state index in [-0.39, 0.29) is 24.1 Å². The van der Waals surface area contributed by atoms with Gasteiger partial charge < -0.3 is 14.2 Å². The molecule has 0 N–H and O–H groups in total. The van der Waals surface area contributed by atoms with Gasteiger partial charge in [-0.15, -0.1) is 0 Å². The van der Waals surface area contributed by atoms with E-state index in [9.17, 15) is 9.59 Å². The lowest BCUT2D eigenvalue weighted by molar-refractivity contribution is -0.118. The second-order valence-corrected chi connectivity index (χ2v) is 6.53. The SMILES string of the molecule is CN(CC(=O)N(C)c1ccc2ccccc2c1)C(=O)c1ccc(Br)o1. The fourth-order valence-electron chi connectivity index (χ4n) is 2.53. The fourth-order valence-corrected chi connectivity index (χ4v) is 2.83. The Bertz CT molecular complexity index is 935. The zero-order valence-corrected chi connectivity index (χ0v) is 15.5. The third kappa shape index (κ3) is 3.74. The van der Waals surface area contributed by atoms with Crippen molar-refractivity contribution in [3.05, 3.63) is 65.0 Å². The molecule has 1 aromatic heterocycles. The molecule has 3 aromatic rings. The van der Waals surface area contributed by atoms with Crippen molar-refractivity contribution >= 4 is 44.2 Å². The van der Waals surface area contributed by atoms with Crippen molar-refractivity contribution in [1.82, 2.24) is 4.90 Å². The standard InChI is InChI=1S/C19H17BrN2O3/c1-21(19(24)16-9-10-17(20)25-16)12-18(23)22(2)15-8-7-13-5-3-4-6-14(13)11-15/h3-11H,12H2,1-2H3. The molecule has 0 fully saturated rings. The zero-order valence-electron chi connectivity index (χ0n) is 13.9. The lowest BCUT2D eigenvalue weighted by Crippen LogP contribution is -2.39. The predicted molar refractivity (Wildman–Crippen MR) is 101 cm³/mol. The quantitative estimate of drug-likeness (QED) is 0.666. The fraction of sp³-hybridized carbons (Fsp3) is 0.158. The largest absolute Gasteiger partial charge is 0.444 e. The summed E-state index contributed by atoms with van der Waals surface area (Å²) in [4.78, 5) is 27.7. The Morgan fingerprint density at radius 2 is 1.72 bits per heavy atom. The van der Waals surface area contributed by atoms with Crippen molar-refractivity contribution < 1.29 is 14.0 Å². The molecule has 0 saturated carbocycles. The number of nitrogens with zero attached hydrogens (tertiary/aromatic N) is 2. The first kappa shape index (κ1) is 17.2. The van der Waals surface area contributed by atoms with Crippen LogP contribution in [0.4, 0.5) is 5.69 Å². The number of fused-ring (bicyclic) bond motifs is 1. The van der Waals surface area contributed by atoms with Crippen LogP contribution in [0.25, 0.3) is 10.8 Å². The Balaban J connectivity index is 1.71. The molecule has 3 rings (SSSR count). The van der Waals surface area contributed by atoms with Crippen molar-refractivity contribution in [2.75, 3.05) is 25.5 Å². The first-order chi connectivity index (χ1) is 12.0. The number of amides is 2. The van der Waals surface area contributed by atoms with Crippen LogP contribution in [0.2, 0.25) is 0 Å². The zero-order chi connectivity index (χ0) is 18.0. The van der Waals surface area contributed by atoms with E-state index < -0.39 is 0 Å². The molecule has 0 spiro atoms. The number of anilines is 1. The number of furan rings is 1. The van der Waals surface area contributed by atoms with Gasteiger partial charge in [-0.3, -0.25) is 9.59 Å². The molecule has 0 unspecified atom stereocenters.